The third-order valence-corrected chi connectivity index (χ3v) is 10.1. The van der Waals surface area contributed by atoms with Gasteiger partial charge in [-0.05, 0) is 32.0 Å². The molecule has 0 aromatic heterocycles. The molecule has 2 aliphatic heterocycles. The summed E-state index contributed by atoms with van der Waals surface area (Å²) in [6.45, 7) is 14.4. The first-order valence-electron chi connectivity index (χ1n) is 8.63. The van der Waals surface area contributed by atoms with E-state index in [2.05, 4.69) is 33.9 Å². The molecule has 2 rings (SSSR count). The Morgan fingerprint density at radius 3 is 2.32 bits per heavy atom. The van der Waals surface area contributed by atoms with Crippen molar-refractivity contribution in [3.63, 3.8) is 0 Å². The van der Waals surface area contributed by atoms with Crippen molar-refractivity contribution >= 4 is 18.4 Å². The van der Waals surface area contributed by atoms with Crippen LogP contribution < -0.4 is 0 Å². The molecule has 2 saturated heterocycles. The smallest absolute Gasteiger partial charge is 0.264 e. The molecule has 0 aromatic carbocycles. The molecule has 2 fully saturated rings. The second-order valence-corrected chi connectivity index (χ2v) is 15.3. The van der Waals surface area contributed by atoms with E-state index in [4.69, 9.17) is 22.8 Å². The van der Waals surface area contributed by atoms with Crippen LogP contribution in [0.25, 0.3) is 0 Å². The predicted molar refractivity (Wildman–Crippen MR) is 96.2 cm³/mol. The summed E-state index contributed by atoms with van der Waals surface area (Å²) in [5.74, 6) is -0.689. The van der Waals surface area contributed by atoms with Gasteiger partial charge in [0.05, 0.1) is 19.0 Å². The second kappa shape index (κ2) is 6.85. The van der Waals surface area contributed by atoms with Crippen molar-refractivity contribution < 1.29 is 31.2 Å². The first-order chi connectivity index (χ1) is 11.1. The summed E-state index contributed by atoms with van der Waals surface area (Å²) < 4.78 is 52.2. The number of hydrogen-bond acceptors (Lipinski definition) is 7. The van der Waals surface area contributed by atoms with Gasteiger partial charge < -0.3 is 18.6 Å². The Labute approximate surface area is 152 Å². The summed E-state index contributed by atoms with van der Waals surface area (Å²) >= 11 is 0. The zero-order valence-corrected chi connectivity index (χ0v) is 18.3. The fourth-order valence-electron chi connectivity index (χ4n) is 2.70. The van der Waals surface area contributed by atoms with Crippen molar-refractivity contribution in [2.24, 2.45) is 0 Å². The van der Waals surface area contributed by atoms with Gasteiger partial charge in [0.2, 0.25) is 0 Å². The van der Waals surface area contributed by atoms with Crippen LogP contribution in [0.3, 0.4) is 0 Å². The van der Waals surface area contributed by atoms with Crippen LogP contribution in [0.1, 0.15) is 41.0 Å². The van der Waals surface area contributed by atoms with Crippen LogP contribution in [0.4, 0.5) is 0 Å². The van der Waals surface area contributed by atoms with Crippen molar-refractivity contribution in [1.82, 2.24) is 0 Å². The standard InChI is InChI=1S/C16H32O7SSi/c1-15(2,3)25(7,8)19-10-13(23-24(6,17)18)11-9-12-14(20-11)22-16(4,5)21-12/h11-14H,9-10H2,1-8H3/t11-,12+,13+,14+/m0/s1. The third kappa shape index (κ3) is 5.47. The van der Waals surface area contributed by atoms with Gasteiger partial charge in [-0.2, -0.15) is 8.42 Å². The van der Waals surface area contributed by atoms with Crippen LogP contribution in [-0.4, -0.2) is 60.0 Å². The van der Waals surface area contributed by atoms with Gasteiger partial charge in [-0.25, -0.2) is 0 Å². The quantitative estimate of drug-likeness (QED) is 0.504. The van der Waals surface area contributed by atoms with Gasteiger partial charge in [0.25, 0.3) is 10.1 Å². The molecule has 2 aliphatic rings. The van der Waals surface area contributed by atoms with Gasteiger partial charge in [0.15, 0.2) is 20.4 Å². The number of hydrogen-bond donors (Lipinski definition) is 0. The zero-order chi connectivity index (χ0) is 19.3. The van der Waals surface area contributed by atoms with E-state index in [1.807, 2.05) is 13.8 Å². The monoisotopic (exact) mass is 396 g/mol. The maximum absolute atomic E-state index is 11.7. The Hall–Kier alpha value is -0.0331. The van der Waals surface area contributed by atoms with E-state index in [0.29, 0.717) is 6.42 Å². The maximum Gasteiger partial charge on any atom is 0.264 e. The maximum atomic E-state index is 11.7. The average Bonchev–Trinajstić information content (AvgIpc) is 2.85. The summed E-state index contributed by atoms with van der Waals surface area (Å²) in [5.41, 5.74) is 0. The molecule has 4 atom stereocenters. The van der Waals surface area contributed by atoms with E-state index in [-0.39, 0.29) is 17.7 Å². The van der Waals surface area contributed by atoms with Gasteiger partial charge in [0, 0.05) is 6.42 Å². The predicted octanol–water partition coefficient (Wildman–Crippen LogP) is 2.62. The summed E-state index contributed by atoms with van der Waals surface area (Å²) in [6.07, 6.45) is -0.347. The van der Waals surface area contributed by atoms with Crippen LogP contribution in [0.5, 0.6) is 0 Å². The largest absolute Gasteiger partial charge is 0.414 e. The van der Waals surface area contributed by atoms with Crippen LogP contribution in [0, 0.1) is 0 Å². The number of rotatable bonds is 6. The molecular weight excluding hydrogens is 364 g/mol. The Balaban J connectivity index is 2.05. The Morgan fingerprint density at radius 1 is 1.24 bits per heavy atom. The number of ether oxygens (including phenoxy) is 3. The summed E-state index contributed by atoms with van der Waals surface area (Å²) in [4.78, 5) is 0. The average molecular weight is 397 g/mol. The molecule has 9 heteroatoms. The van der Waals surface area contributed by atoms with Crippen LogP contribution in [0.15, 0.2) is 0 Å². The second-order valence-electron chi connectivity index (χ2n) is 8.86. The van der Waals surface area contributed by atoms with Crippen molar-refractivity contribution in [3.8, 4) is 0 Å². The Bertz CT molecular complexity index is 566. The molecule has 0 amide bonds. The van der Waals surface area contributed by atoms with Crippen molar-refractivity contribution in [2.45, 2.75) is 89.6 Å². The van der Waals surface area contributed by atoms with Gasteiger partial charge in [-0.15, -0.1) is 0 Å². The highest BCUT2D eigenvalue weighted by Crippen LogP contribution is 2.40. The lowest BCUT2D eigenvalue weighted by molar-refractivity contribution is -0.213. The molecule has 0 bridgehead atoms. The highest BCUT2D eigenvalue weighted by atomic mass is 32.2. The molecule has 0 radical (unpaired) electrons. The molecule has 25 heavy (non-hydrogen) atoms. The minimum absolute atomic E-state index is 0.0198. The summed E-state index contributed by atoms with van der Waals surface area (Å²) in [6, 6.07) is 0. The van der Waals surface area contributed by atoms with Gasteiger partial charge in [-0.3, -0.25) is 4.18 Å². The number of fused-ring (bicyclic) bond motifs is 1. The topological polar surface area (TPSA) is 80.3 Å². The lowest BCUT2D eigenvalue weighted by atomic mass is 10.1. The Morgan fingerprint density at radius 2 is 1.84 bits per heavy atom. The van der Waals surface area contributed by atoms with E-state index < -0.39 is 42.7 Å². The van der Waals surface area contributed by atoms with Crippen LogP contribution in [0.2, 0.25) is 18.1 Å². The lowest BCUT2D eigenvalue weighted by Gasteiger charge is -2.37. The fraction of sp³-hybridized carbons (Fsp3) is 1.00. The molecule has 0 spiro atoms. The molecular formula is C16H32O7SSi. The minimum Gasteiger partial charge on any atom is -0.414 e. The van der Waals surface area contributed by atoms with E-state index in [0.717, 1.165) is 6.26 Å². The van der Waals surface area contributed by atoms with Crippen molar-refractivity contribution in [3.05, 3.63) is 0 Å². The molecule has 0 saturated carbocycles. The normalized spacial score (nSPS) is 31.1. The van der Waals surface area contributed by atoms with E-state index in [9.17, 15) is 8.42 Å². The minimum atomic E-state index is -3.64. The van der Waals surface area contributed by atoms with E-state index in [1.54, 1.807) is 0 Å². The highest BCUT2D eigenvalue weighted by molar-refractivity contribution is 7.86. The van der Waals surface area contributed by atoms with E-state index >= 15 is 0 Å². The molecule has 2 heterocycles. The third-order valence-electron chi connectivity index (χ3n) is 5.04. The van der Waals surface area contributed by atoms with Crippen molar-refractivity contribution in [2.75, 3.05) is 12.9 Å². The molecule has 0 N–H and O–H groups in total. The van der Waals surface area contributed by atoms with Crippen LogP contribution in [-0.2, 0) is 32.9 Å². The lowest BCUT2D eigenvalue weighted by Crippen LogP contribution is -2.45. The Kier molecular flexibility index (Phi) is 5.83. The first kappa shape index (κ1) is 21.3. The summed E-state index contributed by atoms with van der Waals surface area (Å²) in [5, 5.41) is 0.0198. The molecule has 0 aliphatic carbocycles. The van der Waals surface area contributed by atoms with Gasteiger partial charge in [-0.1, -0.05) is 20.8 Å². The summed E-state index contributed by atoms with van der Waals surface area (Å²) in [7, 11) is -5.67. The first-order valence-corrected chi connectivity index (χ1v) is 13.4. The highest BCUT2D eigenvalue weighted by Gasteiger charge is 2.51. The molecule has 0 unspecified atom stereocenters. The van der Waals surface area contributed by atoms with Crippen LogP contribution >= 0.6 is 0 Å². The van der Waals surface area contributed by atoms with E-state index in [1.165, 1.54) is 0 Å². The molecule has 148 valence electrons. The molecule has 0 aromatic rings. The van der Waals surface area contributed by atoms with Gasteiger partial charge in [0.1, 0.15) is 12.2 Å². The molecule has 7 nitrogen and oxygen atoms in total. The SMILES string of the molecule is CC1(C)O[C@H]2O[C@H]([C@@H](CO[Si](C)(C)C(C)(C)C)OS(C)(=O)=O)C[C@H]2O1. The fourth-order valence-corrected chi connectivity index (χ4v) is 4.35. The van der Waals surface area contributed by atoms with Gasteiger partial charge >= 0.3 is 0 Å². The zero-order valence-electron chi connectivity index (χ0n) is 16.5. The van der Waals surface area contributed by atoms with Crippen molar-refractivity contribution in [1.29, 1.82) is 0 Å².